The Bertz CT molecular complexity index is 1040. The fourth-order valence-electron chi connectivity index (χ4n) is 2.82. The fourth-order valence-corrected chi connectivity index (χ4v) is 2.82. The lowest BCUT2D eigenvalue weighted by atomic mass is 10.1. The molecule has 3 aromatic rings. The van der Waals surface area contributed by atoms with Crippen LogP contribution in [0.3, 0.4) is 0 Å². The molecule has 7 heteroatoms. The number of fused-ring (bicyclic) bond motifs is 1. The summed E-state index contributed by atoms with van der Waals surface area (Å²) < 4.78 is 10.6. The van der Waals surface area contributed by atoms with Gasteiger partial charge in [0.25, 0.3) is 11.8 Å². The number of carbonyl (C=O) groups excluding carboxylic acids is 2. The number of ether oxygens (including phenoxy) is 2. The van der Waals surface area contributed by atoms with Crippen LogP contribution in [0.25, 0.3) is 0 Å². The molecular formula is C21H17N3O4. The summed E-state index contributed by atoms with van der Waals surface area (Å²) in [6.07, 6.45) is 2.86. The molecule has 0 spiro atoms. The summed E-state index contributed by atoms with van der Waals surface area (Å²) in [6.45, 7) is 0.162. The minimum absolute atomic E-state index is 0.162. The number of para-hydroxylation sites is 1. The lowest BCUT2D eigenvalue weighted by Gasteiger charge is -2.17. The number of aromatic nitrogens is 1. The van der Waals surface area contributed by atoms with Gasteiger partial charge in [0.1, 0.15) is 0 Å². The van der Waals surface area contributed by atoms with Crippen molar-refractivity contribution < 1.29 is 19.1 Å². The number of hydrogen-bond acceptors (Lipinski definition) is 5. The van der Waals surface area contributed by atoms with Crippen molar-refractivity contribution in [1.82, 2.24) is 4.98 Å². The van der Waals surface area contributed by atoms with Gasteiger partial charge in [-0.25, -0.2) is 0 Å². The highest BCUT2D eigenvalue weighted by atomic mass is 16.7. The molecule has 1 aliphatic rings. The molecule has 1 aromatic heterocycles. The first-order valence-corrected chi connectivity index (χ1v) is 8.61. The SMILES string of the molecule is CN(C(=O)c1cncc(C(=O)Nc2ccc3c(c2)OCO3)c1)c1ccccc1. The van der Waals surface area contributed by atoms with Crippen molar-refractivity contribution in [3.63, 3.8) is 0 Å². The molecule has 0 bridgehead atoms. The molecule has 0 atom stereocenters. The summed E-state index contributed by atoms with van der Waals surface area (Å²) in [5.74, 6) is 0.584. The van der Waals surface area contributed by atoms with Crippen LogP contribution >= 0.6 is 0 Å². The maximum absolute atomic E-state index is 12.7. The van der Waals surface area contributed by atoms with E-state index in [1.807, 2.05) is 30.3 Å². The van der Waals surface area contributed by atoms with Gasteiger partial charge in [0.15, 0.2) is 11.5 Å². The third-order valence-corrected chi connectivity index (χ3v) is 4.33. The number of nitrogens with one attached hydrogen (secondary N) is 1. The summed E-state index contributed by atoms with van der Waals surface area (Å²) in [4.78, 5) is 30.9. The van der Waals surface area contributed by atoms with Crippen molar-refractivity contribution in [2.45, 2.75) is 0 Å². The van der Waals surface area contributed by atoms with Crippen LogP contribution in [0.1, 0.15) is 20.7 Å². The molecule has 7 nitrogen and oxygen atoms in total. The quantitative estimate of drug-likeness (QED) is 0.756. The number of anilines is 2. The number of benzene rings is 2. The van der Waals surface area contributed by atoms with E-state index in [9.17, 15) is 9.59 Å². The second-order valence-corrected chi connectivity index (χ2v) is 6.18. The summed E-state index contributed by atoms with van der Waals surface area (Å²) in [6, 6.07) is 15.9. The molecule has 1 aliphatic heterocycles. The molecule has 2 amide bonds. The minimum Gasteiger partial charge on any atom is -0.454 e. The smallest absolute Gasteiger partial charge is 0.259 e. The highest BCUT2D eigenvalue weighted by Crippen LogP contribution is 2.34. The van der Waals surface area contributed by atoms with Crippen molar-refractivity contribution in [1.29, 1.82) is 0 Å². The Morgan fingerprint density at radius 1 is 0.964 bits per heavy atom. The van der Waals surface area contributed by atoms with Gasteiger partial charge < -0.3 is 19.7 Å². The predicted molar refractivity (Wildman–Crippen MR) is 104 cm³/mol. The number of amides is 2. The first kappa shape index (κ1) is 17.5. The Kier molecular flexibility index (Phi) is 4.63. The van der Waals surface area contributed by atoms with Crippen molar-refractivity contribution in [2.75, 3.05) is 24.1 Å². The van der Waals surface area contributed by atoms with Crippen LogP contribution in [-0.2, 0) is 0 Å². The molecule has 0 unspecified atom stereocenters. The molecule has 2 aromatic carbocycles. The van der Waals surface area contributed by atoms with Crippen LogP contribution in [0.2, 0.25) is 0 Å². The second-order valence-electron chi connectivity index (χ2n) is 6.18. The van der Waals surface area contributed by atoms with E-state index >= 15 is 0 Å². The highest BCUT2D eigenvalue weighted by molar-refractivity contribution is 6.09. The zero-order valence-electron chi connectivity index (χ0n) is 15.1. The van der Waals surface area contributed by atoms with Crippen LogP contribution in [0.4, 0.5) is 11.4 Å². The highest BCUT2D eigenvalue weighted by Gasteiger charge is 2.18. The van der Waals surface area contributed by atoms with E-state index in [1.165, 1.54) is 23.4 Å². The Morgan fingerprint density at radius 2 is 1.71 bits per heavy atom. The standard InChI is InChI=1S/C21H17N3O4/c1-24(17-5-3-2-4-6-17)21(26)15-9-14(11-22-12-15)20(25)23-16-7-8-18-19(10-16)28-13-27-18/h2-12H,13H2,1H3,(H,23,25). The third-order valence-electron chi connectivity index (χ3n) is 4.33. The molecule has 0 fully saturated rings. The van der Waals surface area contributed by atoms with Gasteiger partial charge in [-0.3, -0.25) is 14.6 Å². The number of pyridine rings is 1. The van der Waals surface area contributed by atoms with Crippen LogP contribution in [-0.4, -0.2) is 30.6 Å². The van der Waals surface area contributed by atoms with E-state index in [0.717, 1.165) is 5.69 Å². The Labute approximate surface area is 161 Å². The molecular weight excluding hydrogens is 358 g/mol. The van der Waals surface area contributed by atoms with Gasteiger partial charge in [-0.1, -0.05) is 18.2 Å². The summed E-state index contributed by atoms with van der Waals surface area (Å²) in [5.41, 5.74) is 1.92. The monoisotopic (exact) mass is 375 g/mol. The molecule has 0 radical (unpaired) electrons. The molecule has 4 rings (SSSR count). The normalized spacial score (nSPS) is 11.8. The first-order chi connectivity index (χ1) is 13.6. The number of carbonyl (C=O) groups is 2. The van der Waals surface area contributed by atoms with Crippen molar-refractivity contribution in [3.8, 4) is 11.5 Å². The van der Waals surface area contributed by atoms with Crippen LogP contribution in [0.15, 0.2) is 67.0 Å². The molecule has 0 aliphatic carbocycles. The largest absolute Gasteiger partial charge is 0.454 e. The Balaban J connectivity index is 1.51. The molecule has 0 saturated heterocycles. The molecule has 28 heavy (non-hydrogen) atoms. The number of rotatable bonds is 4. The van der Waals surface area contributed by atoms with E-state index in [2.05, 4.69) is 10.3 Å². The molecule has 140 valence electrons. The van der Waals surface area contributed by atoms with E-state index in [1.54, 1.807) is 25.2 Å². The topological polar surface area (TPSA) is 80.8 Å². The third kappa shape index (κ3) is 3.50. The van der Waals surface area contributed by atoms with Gasteiger partial charge in [-0.2, -0.15) is 0 Å². The van der Waals surface area contributed by atoms with Crippen molar-refractivity contribution in [2.24, 2.45) is 0 Å². The summed E-state index contributed by atoms with van der Waals surface area (Å²) >= 11 is 0. The van der Waals surface area contributed by atoms with Crippen LogP contribution in [0, 0.1) is 0 Å². The maximum Gasteiger partial charge on any atom is 0.259 e. The average molecular weight is 375 g/mol. The van der Waals surface area contributed by atoms with E-state index in [-0.39, 0.29) is 24.2 Å². The van der Waals surface area contributed by atoms with E-state index < -0.39 is 0 Å². The van der Waals surface area contributed by atoms with Gasteiger partial charge >= 0.3 is 0 Å². The zero-order valence-corrected chi connectivity index (χ0v) is 15.1. The van der Waals surface area contributed by atoms with Crippen molar-refractivity contribution >= 4 is 23.2 Å². The summed E-state index contributed by atoms with van der Waals surface area (Å²) in [5, 5.41) is 2.78. The Hall–Kier alpha value is -3.87. The minimum atomic E-state index is -0.372. The molecule has 0 saturated carbocycles. The lowest BCUT2D eigenvalue weighted by molar-refractivity contribution is 0.0992. The average Bonchev–Trinajstić information content (AvgIpc) is 3.21. The van der Waals surface area contributed by atoms with Crippen LogP contribution in [0.5, 0.6) is 11.5 Å². The van der Waals surface area contributed by atoms with Gasteiger partial charge in [0.2, 0.25) is 6.79 Å². The van der Waals surface area contributed by atoms with Crippen LogP contribution < -0.4 is 19.7 Å². The maximum atomic E-state index is 12.7. The molecule has 2 heterocycles. The van der Waals surface area contributed by atoms with E-state index in [4.69, 9.17) is 9.47 Å². The molecule has 1 N–H and O–H groups in total. The van der Waals surface area contributed by atoms with E-state index in [0.29, 0.717) is 22.7 Å². The summed E-state index contributed by atoms with van der Waals surface area (Å²) in [7, 11) is 1.68. The van der Waals surface area contributed by atoms with Gasteiger partial charge in [-0.15, -0.1) is 0 Å². The predicted octanol–water partition coefficient (Wildman–Crippen LogP) is 3.34. The van der Waals surface area contributed by atoms with Gasteiger partial charge in [0.05, 0.1) is 11.1 Å². The number of hydrogen-bond donors (Lipinski definition) is 1. The van der Waals surface area contributed by atoms with Crippen molar-refractivity contribution in [3.05, 3.63) is 78.1 Å². The Morgan fingerprint density at radius 3 is 2.54 bits per heavy atom. The van der Waals surface area contributed by atoms with Gasteiger partial charge in [0, 0.05) is 36.9 Å². The first-order valence-electron chi connectivity index (χ1n) is 8.61. The zero-order chi connectivity index (χ0) is 19.5. The second kappa shape index (κ2) is 7.40. The number of nitrogens with zero attached hydrogens (tertiary/aromatic N) is 2. The lowest BCUT2D eigenvalue weighted by Crippen LogP contribution is -2.26. The van der Waals surface area contributed by atoms with Gasteiger partial charge in [-0.05, 0) is 30.3 Å². The fraction of sp³-hybridized carbons (Fsp3) is 0.0952.